The van der Waals surface area contributed by atoms with Gasteiger partial charge < -0.3 is 10.7 Å². The average Bonchev–Trinajstić information content (AvgIpc) is 3.22. The third-order valence-electron chi connectivity index (χ3n) is 3.93. The highest BCUT2D eigenvalue weighted by molar-refractivity contribution is 5.57. The zero-order valence-corrected chi connectivity index (χ0v) is 12.4. The van der Waals surface area contributed by atoms with Crippen LogP contribution >= 0.6 is 0 Å². The minimum Gasteiger partial charge on any atom is -0.369 e. The number of nitrogens with one attached hydrogen (secondary N) is 2. The van der Waals surface area contributed by atoms with Crippen LogP contribution in [0.5, 0.6) is 0 Å². The molecular formula is C14H25N5. The van der Waals surface area contributed by atoms with Gasteiger partial charge in [0.1, 0.15) is 17.5 Å². The minimum atomic E-state index is 0.257. The van der Waals surface area contributed by atoms with Crippen molar-refractivity contribution in [1.29, 1.82) is 0 Å². The van der Waals surface area contributed by atoms with Gasteiger partial charge in [-0.25, -0.2) is 15.8 Å². The van der Waals surface area contributed by atoms with Crippen molar-refractivity contribution >= 4 is 11.6 Å². The Kier molecular flexibility index (Phi) is 3.94. The highest BCUT2D eigenvalue weighted by Gasteiger charge is 2.28. The molecule has 0 radical (unpaired) electrons. The number of hydrazine groups is 1. The summed E-state index contributed by atoms with van der Waals surface area (Å²) in [6.07, 6.45) is 3.50. The molecule has 0 saturated heterocycles. The Morgan fingerprint density at radius 1 is 1.26 bits per heavy atom. The van der Waals surface area contributed by atoms with Crippen molar-refractivity contribution < 1.29 is 0 Å². The van der Waals surface area contributed by atoms with Crippen molar-refractivity contribution in [2.24, 2.45) is 11.3 Å². The van der Waals surface area contributed by atoms with Gasteiger partial charge in [-0.2, -0.15) is 0 Å². The molecule has 1 saturated carbocycles. The molecule has 0 atom stereocenters. The van der Waals surface area contributed by atoms with Gasteiger partial charge in [-0.05, 0) is 31.6 Å². The summed E-state index contributed by atoms with van der Waals surface area (Å²) in [6, 6.07) is 0. The molecule has 0 amide bonds. The lowest BCUT2D eigenvalue weighted by Crippen LogP contribution is -2.24. The van der Waals surface area contributed by atoms with Gasteiger partial charge in [-0.15, -0.1) is 0 Å². The summed E-state index contributed by atoms with van der Waals surface area (Å²) in [4.78, 5) is 9.15. The maximum Gasteiger partial charge on any atom is 0.148 e. The van der Waals surface area contributed by atoms with Crippen molar-refractivity contribution in [1.82, 2.24) is 9.97 Å². The molecule has 1 aliphatic carbocycles. The minimum absolute atomic E-state index is 0.257. The van der Waals surface area contributed by atoms with E-state index in [1.807, 2.05) is 6.92 Å². The Morgan fingerprint density at radius 3 is 2.42 bits per heavy atom. The summed E-state index contributed by atoms with van der Waals surface area (Å²) in [5.74, 6) is 8.62. The van der Waals surface area contributed by atoms with Gasteiger partial charge >= 0.3 is 0 Å². The van der Waals surface area contributed by atoms with Crippen LogP contribution in [0.25, 0.3) is 0 Å². The number of anilines is 2. The Morgan fingerprint density at radius 2 is 1.89 bits per heavy atom. The topological polar surface area (TPSA) is 75.9 Å². The molecule has 1 fully saturated rings. The molecule has 1 aromatic heterocycles. The molecule has 1 heterocycles. The molecule has 0 aromatic carbocycles. The van der Waals surface area contributed by atoms with Gasteiger partial charge in [0.2, 0.25) is 0 Å². The van der Waals surface area contributed by atoms with E-state index in [0.29, 0.717) is 5.92 Å². The van der Waals surface area contributed by atoms with E-state index in [4.69, 9.17) is 5.84 Å². The van der Waals surface area contributed by atoms with Gasteiger partial charge in [-0.1, -0.05) is 20.8 Å². The summed E-state index contributed by atoms with van der Waals surface area (Å²) in [5, 5.41) is 3.46. The fourth-order valence-electron chi connectivity index (χ4n) is 1.82. The number of rotatable bonds is 6. The molecule has 106 valence electrons. The zero-order valence-electron chi connectivity index (χ0n) is 12.4. The van der Waals surface area contributed by atoms with Crippen LogP contribution < -0.4 is 16.6 Å². The van der Waals surface area contributed by atoms with Gasteiger partial charge in [0.05, 0.1) is 0 Å². The second-order valence-corrected chi connectivity index (χ2v) is 6.19. The third-order valence-corrected chi connectivity index (χ3v) is 3.93. The van der Waals surface area contributed by atoms with Crippen molar-refractivity contribution in [2.75, 3.05) is 17.3 Å². The highest BCUT2D eigenvalue weighted by Crippen LogP contribution is 2.39. The van der Waals surface area contributed by atoms with Gasteiger partial charge in [-0.3, -0.25) is 0 Å². The van der Waals surface area contributed by atoms with Crippen LogP contribution in [0.3, 0.4) is 0 Å². The summed E-state index contributed by atoms with van der Waals surface area (Å²) in [5.41, 5.74) is 3.92. The number of hydrogen-bond donors (Lipinski definition) is 3. The van der Waals surface area contributed by atoms with E-state index in [-0.39, 0.29) is 5.41 Å². The second-order valence-electron chi connectivity index (χ2n) is 6.19. The van der Waals surface area contributed by atoms with E-state index in [9.17, 15) is 0 Å². The predicted octanol–water partition coefficient (Wildman–Crippen LogP) is 2.80. The zero-order chi connectivity index (χ0) is 14.0. The standard InChI is InChI=1S/C14H25N5/c1-5-14(3,4)8-16-11-9(2)12(19-15)18-13(17-11)10-6-7-10/h10H,5-8,15H2,1-4H3,(H2,16,17,18,19). The van der Waals surface area contributed by atoms with E-state index >= 15 is 0 Å². The van der Waals surface area contributed by atoms with E-state index < -0.39 is 0 Å². The smallest absolute Gasteiger partial charge is 0.148 e. The van der Waals surface area contributed by atoms with Crippen molar-refractivity contribution in [2.45, 2.75) is 52.9 Å². The van der Waals surface area contributed by atoms with Crippen LogP contribution in [0.15, 0.2) is 0 Å². The van der Waals surface area contributed by atoms with E-state index in [1.165, 1.54) is 12.8 Å². The first-order valence-corrected chi connectivity index (χ1v) is 7.06. The molecule has 0 spiro atoms. The van der Waals surface area contributed by atoms with E-state index in [1.54, 1.807) is 0 Å². The first-order valence-electron chi connectivity index (χ1n) is 7.06. The molecule has 5 nitrogen and oxygen atoms in total. The van der Waals surface area contributed by atoms with Crippen LogP contribution in [0.1, 0.15) is 57.3 Å². The average molecular weight is 263 g/mol. The summed E-state index contributed by atoms with van der Waals surface area (Å²) in [6.45, 7) is 9.60. The Hall–Kier alpha value is -1.36. The third kappa shape index (κ3) is 3.35. The lowest BCUT2D eigenvalue weighted by atomic mass is 9.90. The number of nitrogen functional groups attached to an aromatic ring is 1. The van der Waals surface area contributed by atoms with Gasteiger partial charge in [0, 0.05) is 18.0 Å². The van der Waals surface area contributed by atoms with E-state index in [0.717, 1.165) is 36.0 Å². The Labute approximate surface area is 115 Å². The highest BCUT2D eigenvalue weighted by atomic mass is 15.3. The summed E-state index contributed by atoms with van der Waals surface area (Å²) < 4.78 is 0. The van der Waals surface area contributed by atoms with Crippen LogP contribution in [-0.4, -0.2) is 16.5 Å². The first-order chi connectivity index (χ1) is 8.96. The van der Waals surface area contributed by atoms with Crippen LogP contribution in [-0.2, 0) is 0 Å². The fraction of sp³-hybridized carbons (Fsp3) is 0.714. The quantitative estimate of drug-likeness (QED) is 0.543. The van der Waals surface area contributed by atoms with Crippen LogP contribution in [0.2, 0.25) is 0 Å². The van der Waals surface area contributed by atoms with Crippen LogP contribution in [0.4, 0.5) is 11.6 Å². The lowest BCUT2D eigenvalue weighted by molar-refractivity contribution is 0.376. The molecule has 19 heavy (non-hydrogen) atoms. The number of nitrogens with two attached hydrogens (primary N) is 1. The second kappa shape index (κ2) is 5.33. The number of nitrogens with zero attached hydrogens (tertiary/aromatic N) is 2. The van der Waals surface area contributed by atoms with Crippen molar-refractivity contribution in [3.8, 4) is 0 Å². The largest absolute Gasteiger partial charge is 0.369 e. The summed E-state index contributed by atoms with van der Waals surface area (Å²) >= 11 is 0. The lowest BCUT2D eigenvalue weighted by Gasteiger charge is -2.24. The molecule has 5 heteroatoms. The molecule has 0 aliphatic heterocycles. The SMILES string of the molecule is CCC(C)(C)CNc1nc(C2CC2)nc(NN)c1C. The molecule has 4 N–H and O–H groups in total. The molecule has 1 aromatic rings. The van der Waals surface area contributed by atoms with Crippen LogP contribution in [0, 0.1) is 12.3 Å². The van der Waals surface area contributed by atoms with Gasteiger partial charge in [0.15, 0.2) is 0 Å². The molecule has 0 bridgehead atoms. The molecule has 0 unspecified atom stereocenters. The Balaban J connectivity index is 2.20. The molecule has 2 rings (SSSR count). The fourth-order valence-corrected chi connectivity index (χ4v) is 1.82. The Bertz CT molecular complexity index is 451. The maximum atomic E-state index is 5.55. The van der Waals surface area contributed by atoms with Crippen molar-refractivity contribution in [3.63, 3.8) is 0 Å². The maximum absolute atomic E-state index is 5.55. The molecule has 1 aliphatic rings. The van der Waals surface area contributed by atoms with Gasteiger partial charge in [0.25, 0.3) is 0 Å². The number of aromatic nitrogens is 2. The predicted molar refractivity (Wildman–Crippen MR) is 79.1 cm³/mol. The summed E-state index contributed by atoms with van der Waals surface area (Å²) in [7, 11) is 0. The molecular weight excluding hydrogens is 238 g/mol. The monoisotopic (exact) mass is 263 g/mol. The normalized spacial score (nSPS) is 15.4. The van der Waals surface area contributed by atoms with E-state index in [2.05, 4.69) is 41.5 Å². The van der Waals surface area contributed by atoms with Crippen molar-refractivity contribution in [3.05, 3.63) is 11.4 Å². The first kappa shape index (κ1) is 14.1. The number of hydrogen-bond acceptors (Lipinski definition) is 5.